The Kier molecular flexibility index (Phi) is 8.10. The molecule has 2 aromatic heterocycles. The molecule has 10 nitrogen and oxygen atoms in total. The number of nitrogens with one attached hydrogen (secondary N) is 1. The minimum Gasteiger partial charge on any atom is -0.481 e. The lowest BCUT2D eigenvalue weighted by Gasteiger charge is -2.23. The van der Waals surface area contributed by atoms with Crippen molar-refractivity contribution < 1.29 is 28.5 Å². The van der Waals surface area contributed by atoms with Crippen molar-refractivity contribution in [1.29, 1.82) is 0 Å². The Labute approximate surface area is 227 Å². The second kappa shape index (κ2) is 12.0. The Bertz CT molecular complexity index is 1360. The summed E-state index contributed by atoms with van der Waals surface area (Å²) in [5.41, 5.74) is 3.62. The number of rotatable bonds is 10. The van der Waals surface area contributed by atoms with Crippen LogP contribution >= 0.6 is 0 Å². The normalized spacial score (nSPS) is 19.3. The molecular weight excluding hydrogens is 500 g/mol. The number of cyclic esters (lactones) is 1. The number of carbonyl (C=O) groups excluding carboxylic acids is 2. The highest BCUT2D eigenvalue weighted by Crippen LogP contribution is 2.30. The molecule has 2 aromatic rings. The van der Waals surface area contributed by atoms with Crippen LogP contribution in [0.1, 0.15) is 44.6 Å². The molecule has 1 fully saturated rings. The topological polar surface area (TPSA) is 112 Å². The van der Waals surface area contributed by atoms with E-state index < -0.39 is 6.09 Å². The summed E-state index contributed by atoms with van der Waals surface area (Å²) in [5.74, 6) is 1.32. The number of fused-ring (bicyclic) bond motifs is 1. The zero-order valence-corrected chi connectivity index (χ0v) is 22.1. The number of methoxy groups -OCH3 is 1. The number of aromatic nitrogens is 2. The Balaban J connectivity index is 1.18. The monoisotopic (exact) mass is 532 g/mol. The van der Waals surface area contributed by atoms with E-state index in [1.54, 1.807) is 25.6 Å². The first kappa shape index (κ1) is 26.3. The molecule has 0 spiro atoms. The van der Waals surface area contributed by atoms with E-state index in [1.807, 2.05) is 24.3 Å². The Morgan fingerprint density at radius 3 is 2.95 bits per heavy atom. The van der Waals surface area contributed by atoms with Gasteiger partial charge in [-0.25, -0.2) is 14.7 Å². The molecular formula is C29H32N4O6. The third kappa shape index (κ3) is 6.39. The largest absolute Gasteiger partial charge is 0.481 e. The van der Waals surface area contributed by atoms with Gasteiger partial charge in [-0.1, -0.05) is 18.2 Å². The SMILES string of the molecule is COc1ccc2nccc(CC[C@H](CC[C@@H]3CN(C4=COC=C(C5=CC=CCC5)O4)C(=O)O3)NC(C)=O)c2n1. The Morgan fingerprint density at radius 2 is 2.15 bits per heavy atom. The van der Waals surface area contributed by atoms with Gasteiger partial charge in [0, 0.05) is 25.2 Å². The molecule has 0 saturated carbocycles. The highest BCUT2D eigenvalue weighted by molar-refractivity contribution is 5.78. The van der Waals surface area contributed by atoms with E-state index in [2.05, 4.69) is 21.4 Å². The van der Waals surface area contributed by atoms with Crippen molar-refractivity contribution in [2.24, 2.45) is 0 Å². The fourth-order valence-corrected chi connectivity index (χ4v) is 4.90. The van der Waals surface area contributed by atoms with Gasteiger partial charge in [-0.3, -0.25) is 9.78 Å². The summed E-state index contributed by atoms with van der Waals surface area (Å²) >= 11 is 0. The maximum Gasteiger partial charge on any atom is 0.417 e. The number of carbonyl (C=O) groups is 2. The van der Waals surface area contributed by atoms with E-state index in [0.717, 1.165) is 35.0 Å². The molecule has 204 valence electrons. The van der Waals surface area contributed by atoms with Gasteiger partial charge in [-0.15, -0.1) is 0 Å². The lowest BCUT2D eigenvalue weighted by Crippen LogP contribution is -2.34. The zero-order valence-electron chi connectivity index (χ0n) is 22.1. The third-order valence-electron chi connectivity index (χ3n) is 6.89. The molecule has 4 heterocycles. The molecule has 2 atom stereocenters. The number of hydrogen-bond acceptors (Lipinski definition) is 8. The van der Waals surface area contributed by atoms with E-state index in [0.29, 0.717) is 49.8 Å². The summed E-state index contributed by atoms with van der Waals surface area (Å²) in [4.78, 5) is 35.0. The summed E-state index contributed by atoms with van der Waals surface area (Å²) < 4.78 is 22.4. The van der Waals surface area contributed by atoms with Crippen LogP contribution in [0.25, 0.3) is 11.0 Å². The van der Waals surface area contributed by atoms with Gasteiger partial charge in [0.15, 0.2) is 12.0 Å². The van der Waals surface area contributed by atoms with E-state index >= 15 is 0 Å². The van der Waals surface area contributed by atoms with Crippen LogP contribution in [0.5, 0.6) is 5.88 Å². The number of nitrogens with zero attached hydrogens (tertiary/aromatic N) is 3. The number of aryl methyl sites for hydroxylation is 1. The van der Waals surface area contributed by atoms with Crippen molar-refractivity contribution in [3.05, 3.63) is 77.9 Å². The molecule has 0 unspecified atom stereocenters. The summed E-state index contributed by atoms with van der Waals surface area (Å²) in [6, 6.07) is 5.51. The fourth-order valence-electron chi connectivity index (χ4n) is 4.90. The van der Waals surface area contributed by atoms with Crippen molar-refractivity contribution in [3.8, 4) is 5.88 Å². The fraction of sp³-hybridized carbons (Fsp3) is 0.379. The molecule has 2 amide bonds. The number of pyridine rings is 2. The summed E-state index contributed by atoms with van der Waals surface area (Å²) in [6.07, 6.45) is 14.4. The molecule has 0 radical (unpaired) electrons. The predicted molar refractivity (Wildman–Crippen MR) is 143 cm³/mol. The van der Waals surface area contributed by atoms with Crippen LogP contribution in [0, 0.1) is 0 Å². The molecule has 2 aliphatic heterocycles. The number of ether oxygens (including phenoxy) is 4. The number of amides is 2. The highest BCUT2D eigenvalue weighted by atomic mass is 16.6. The van der Waals surface area contributed by atoms with Crippen LogP contribution in [0.3, 0.4) is 0 Å². The van der Waals surface area contributed by atoms with Crippen LogP contribution in [0.4, 0.5) is 4.79 Å². The van der Waals surface area contributed by atoms with E-state index in [1.165, 1.54) is 18.1 Å². The van der Waals surface area contributed by atoms with Crippen molar-refractivity contribution in [3.63, 3.8) is 0 Å². The quantitative estimate of drug-likeness (QED) is 0.471. The van der Waals surface area contributed by atoms with Crippen LogP contribution in [0.2, 0.25) is 0 Å². The molecule has 0 aromatic carbocycles. The first-order valence-electron chi connectivity index (χ1n) is 13.1. The second-order valence-corrected chi connectivity index (χ2v) is 9.66. The molecule has 1 saturated heterocycles. The standard InChI is InChI=1S/C29H32N4O6/c1-19(34)31-22(9-8-21-14-15-30-24-12-13-26(36-2)32-28(21)24)10-11-23-16-33(29(35)38-23)27-18-37-17-25(39-27)20-6-4-3-5-7-20/h3-4,6,12-15,17-18,22-23H,5,7-11,16H2,1-2H3,(H,31,34)/t22-,23-/m1/s1. The maximum absolute atomic E-state index is 12.7. The molecule has 39 heavy (non-hydrogen) atoms. The van der Waals surface area contributed by atoms with Crippen molar-refractivity contribution in [2.75, 3.05) is 13.7 Å². The minimum atomic E-state index is -0.479. The van der Waals surface area contributed by atoms with Gasteiger partial charge in [0.2, 0.25) is 17.7 Å². The third-order valence-corrected chi connectivity index (χ3v) is 6.89. The first-order chi connectivity index (χ1) is 19.0. The van der Waals surface area contributed by atoms with Crippen molar-refractivity contribution >= 4 is 23.0 Å². The van der Waals surface area contributed by atoms with Crippen molar-refractivity contribution in [1.82, 2.24) is 20.2 Å². The molecule has 1 aliphatic carbocycles. The Hall–Kier alpha value is -4.34. The van der Waals surface area contributed by atoms with Gasteiger partial charge >= 0.3 is 6.09 Å². The average molecular weight is 533 g/mol. The van der Waals surface area contributed by atoms with Gasteiger partial charge in [0.1, 0.15) is 12.4 Å². The predicted octanol–water partition coefficient (Wildman–Crippen LogP) is 4.64. The van der Waals surface area contributed by atoms with Gasteiger partial charge in [0.05, 0.1) is 24.7 Å². The lowest BCUT2D eigenvalue weighted by molar-refractivity contribution is -0.119. The number of hydrogen-bond donors (Lipinski definition) is 1. The summed E-state index contributed by atoms with van der Waals surface area (Å²) in [5, 5.41) is 3.04. The van der Waals surface area contributed by atoms with E-state index in [-0.39, 0.29) is 18.1 Å². The molecule has 0 bridgehead atoms. The minimum absolute atomic E-state index is 0.0987. The van der Waals surface area contributed by atoms with Crippen LogP contribution in [0.15, 0.2) is 72.4 Å². The first-order valence-corrected chi connectivity index (χ1v) is 13.1. The van der Waals surface area contributed by atoms with Gasteiger partial charge in [-0.05, 0) is 61.8 Å². The molecule has 10 heteroatoms. The van der Waals surface area contributed by atoms with Gasteiger partial charge < -0.3 is 24.3 Å². The van der Waals surface area contributed by atoms with E-state index in [4.69, 9.17) is 18.9 Å². The van der Waals surface area contributed by atoms with Crippen molar-refractivity contribution in [2.45, 2.75) is 57.6 Å². The Morgan fingerprint density at radius 1 is 1.26 bits per heavy atom. The number of allylic oxidation sites excluding steroid dienone is 4. The van der Waals surface area contributed by atoms with E-state index in [9.17, 15) is 9.59 Å². The maximum atomic E-state index is 12.7. The smallest absolute Gasteiger partial charge is 0.417 e. The van der Waals surface area contributed by atoms with Crippen LogP contribution < -0.4 is 10.1 Å². The average Bonchev–Trinajstić information content (AvgIpc) is 3.34. The van der Waals surface area contributed by atoms with Crippen LogP contribution in [-0.2, 0) is 25.4 Å². The van der Waals surface area contributed by atoms with Gasteiger partial charge in [0.25, 0.3) is 0 Å². The van der Waals surface area contributed by atoms with Crippen LogP contribution in [-0.4, -0.2) is 52.7 Å². The lowest BCUT2D eigenvalue weighted by atomic mass is 9.99. The molecule has 1 N–H and O–H groups in total. The molecule has 3 aliphatic rings. The summed E-state index contributed by atoms with van der Waals surface area (Å²) in [6.45, 7) is 1.85. The zero-order chi connectivity index (χ0) is 27.2. The second-order valence-electron chi connectivity index (χ2n) is 9.66. The highest BCUT2D eigenvalue weighted by Gasteiger charge is 2.36. The van der Waals surface area contributed by atoms with Gasteiger partial charge in [-0.2, -0.15) is 0 Å². The molecule has 5 rings (SSSR count). The summed E-state index contributed by atoms with van der Waals surface area (Å²) in [7, 11) is 1.58.